The fourth-order valence-corrected chi connectivity index (χ4v) is 1.22. The summed E-state index contributed by atoms with van der Waals surface area (Å²) in [5, 5.41) is 11.6. The van der Waals surface area contributed by atoms with Crippen molar-refractivity contribution in [3.63, 3.8) is 0 Å². The molecule has 2 N–H and O–H groups in total. The third kappa shape index (κ3) is 5.94. The number of carbonyl (C=O) groups is 1. The molecule has 0 aromatic carbocycles. The van der Waals surface area contributed by atoms with Crippen LogP contribution in [0.2, 0.25) is 0 Å². The van der Waals surface area contributed by atoms with Crippen LogP contribution in [0.4, 0.5) is 0 Å². The van der Waals surface area contributed by atoms with Gasteiger partial charge < -0.3 is 15.2 Å². The summed E-state index contributed by atoms with van der Waals surface area (Å²) >= 11 is 0. The summed E-state index contributed by atoms with van der Waals surface area (Å²) in [6, 6.07) is -0.114. The second-order valence-corrected chi connectivity index (χ2v) is 3.62. The standard InChI is InChI=1S/C10H21NO3/c1-4-9(6-12)11-10(13)5-8(2)7-14-3/h8-9,12H,4-7H2,1-3H3,(H,11,13)/t8?,9-/m1/s1. The molecule has 0 spiro atoms. The van der Waals surface area contributed by atoms with Crippen molar-refractivity contribution in [3.05, 3.63) is 0 Å². The van der Waals surface area contributed by atoms with E-state index in [1.54, 1.807) is 7.11 Å². The van der Waals surface area contributed by atoms with Gasteiger partial charge in [-0.25, -0.2) is 0 Å². The van der Waals surface area contributed by atoms with Crippen LogP contribution >= 0.6 is 0 Å². The van der Waals surface area contributed by atoms with Crippen LogP contribution in [-0.4, -0.2) is 37.4 Å². The molecule has 0 aliphatic rings. The van der Waals surface area contributed by atoms with Crippen LogP contribution in [-0.2, 0) is 9.53 Å². The van der Waals surface area contributed by atoms with E-state index in [0.29, 0.717) is 13.0 Å². The number of rotatable bonds is 7. The zero-order chi connectivity index (χ0) is 11.0. The lowest BCUT2D eigenvalue weighted by molar-refractivity contribution is -0.123. The summed E-state index contributed by atoms with van der Waals surface area (Å²) in [5.74, 6) is 0.201. The van der Waals surface area contributed by atoms with Gasteiger partial charge in [0.2, 0.25) is 5.91 Å². The highest BCUT2D eigenvalue weighted by Gasteiger charge is 2.12. The summed E-state index contributed by atoms with van der Waals surface area (Å²) < 4.78 is 4.93. The lowest BCUT2D eigenvalue weighted by Crippen LogP contribution is -2.37. The Kier molecular flexibility index (Phi) is 7.42. The van der Waals surface area contributed by atoms with Gasteiger partial charge in [0, 0.05) is 20.1 Å². The Bertz CT molecular complexity index is 157. The first-order chi connectivity index (χ1) is 6.63. The van der Waals surface area contributed by atoms with Gasteiger partial charge in [0.1, 0.15) is 0 Å². The summed E-state index contributed by atoms with van der Waals surface area (Å²) in [4.78, 5) is 11.4. The van der Waals surface area contributed by atoms with Crippen LogP contribution in [0.1, 0.15) is 26.7 Å². The molecule has 0 saturated heterocycles. The molecule has 14 heavy (non-hydrogen) atoms. The largest absolute Gasteiger partial charge is 0.394 e. The molecule has 0 aliphatic heterocycles. The molecular weight excluding hydrogens is 182 g/mol. The van der Waals surface area contributed by atoms with Crippen LogP contribution in [0.25, 0.3) is 0 Å². The summed E-state index contributed by atoms with van der Waals surface area (Å²) in [7, 11) is 1.62. The summed E-state index contributed by atoms with van der Waals surface area (Å²) in [6.07, 6.45) is 1.20. The van der Waals surface area contributed by atoms with Crippen molar-refractivity contribution in [2.75, 3.05) is 20.3 Å². The van der Waals surface area contributed by atoms with E-state index in [4.69, 9.17) is 9.84 Å². The van der Waals surface area contributed by atoms with E-state index in [1.165, 1.54) is 0 Å². The van der Waals surface area contributed by atoms with Crippen molar-refractivity contribution in [1.82, 2.24) is 5.32 Å². The number of hydrogen-bond donors (Lipinski definition) is 2. The molecule has 4 nitrogen and oxygen atoms in total. The van der Waals surface area contributed by atoms with Gasteiger partial charge in [0.15, 0.2) is 0 Å². The molecular formula is C10H21NO3. The van der Waals surface area contributed by atoms with E-state index in [0.717, 1.165) is 6.42 Å². The Hall–Kier alpha value is -0.610. The molecule has 0 aromatic heterocycles. The Balaban J connectivity index is 3.73. The third-order valence-corrected chi connectivity index (χ3v) is 2.06. The molecule has 84 valence electrons. The normalized spacial score (nSPS) is 14.9. The molecule has 0 heterocycles. The molecule has 0 aliphatic carbocycles. The number of amides is 1. The van der Waals surface area contributed by atoms with Gasteiger partial charge >= 0.3 is 0 Å². The number of aliphatic hydroxyl groups is 1. The Morgan fingerprint density at radius 1 is 1.57 bits per heavy atom. The van der Waals surface area contributed by atoms with Crippen molar-refractivity contribution in [2.45, 2.75) is 32.7 Å². The van der Waals surface area contributed by atoms with Crippen LogP contribution < -0.4 is 5.32 Å². The predicted octanol–water partition coefficient (Wildman–Crippen LogP) is 0.546. The van der Waals surface area contributed by atoms with Crippen LogP contribution in [0, 0.1) is 5.92 Å². The number of carbonyl (C=O) groups excluding carboxylic acids is 1. The first-order valence-corrected chi connectivity index (χ1v) is 5.03. The molecule has 1 unspecified atom stereocenters. The fraction of sp³-hybridized carbons (Fsp3) is 0.900. The van der Waals surface area contributed by atoms with E-state index in [2.05, 4.69) is 5.32 Å². The van der Waals surface area contributed by atoms with Gasteiger partial charge in [0.25, 0.3) is 0 Å². The molecule has 0 rings (SSSR count). The monoisotopic (exact) mass is 203 g/mol. The minimum atomic E-state index is -0.114. The summed E-state index contributed by atoms with van der Waals surface area (Å²) in [5.41, 5.74) is 0. The van der Waals surface area contributed by atoms with Gasteiger partial charge in [-0.3, -0.25) is 4.79 Å². The average Bonchev–Trinajstić information content (AvgIpc) is 2.14. The maximum Gasteiger partial charge on any atom is 0.220 e. The minimum absolute atomic E-state index is 0.000892. The lowest BCUT2D eigenvalue weighted by atomic mass is 10.1. The molecule has 2 atom stereocenters. The predicted molar refractivity (Wildman–Crippen MR) is 55.0 cm³/mol. The quantitative estimate of drug-likeness (QED) is 0.635. The highest BCUT2D eigenvalue weighted by Crippen LogP contribution is 2.02. The van der Waals surface area contributed by atoms with Crippen molar-refractivity contribution in [1.29, 1.82) is 0 Å². The molecule has 0 fully saturated rings. The van der Waals surface area contributed by atoms with E-state index < -0.39 is 0 Å². The Labute approximate surface area is 85.6 Å². The minimum Gasteiger partial charge on any atom is -0.394 e. The van der Waals surface area contributed by atoms with E-state index in [1.807, 2.05) is 13.8 Å². The second-order valence-electron chi connectivity index (χ2n) is 3.62. The number of hydrogen-bond acceptors (Lipinski definition) is 3. The zero-order valence-corrected chi connectivity index (χ0v) is 9.25. The van der Waals surface area contributed by atoms with Crippen LogP contribution in [0.5, 0.6) is 0 Å². The molecule has 1 amide bonds. The van der Waals surface area contributed by atoms with E-state index in [-0.39, 0.29) is 24.5 Å². The maximum absolute atomic E-state index is 11.4. The van der Waals surface area contributed by atoms with Crippen molar-refractivity contribution >= 4 is 5.91 Å². The highest BCUT2D eigenvalue weighted by atomic mass is 16.5. The van der Waals surface area contributed by atoms with Gasteiger partial charge in [-0.05, 0) is 12.3 Å². The number of nitrogens with one attached hydrogen (secondary N) is 1. The molecule has 0 radical (unpaired) electrons. The smallest absolute Gasteiger partial charge is 0.220 e. The van der Waals surface area contributed by atoms with Gasteiger partial charge in [-0.1, -0.05) is 13.8 Å². The topological polar surface area (TPSA) is 58.6 Å². The fourth-order valence-electron chi connectivity index (χ4n) is 1.22. The van der Waals surface area contributed by atoms with E-state index in [9.17, 15) is 4.79 Å². The molecule has 0 saturated carbocycles. The Morgan fingerprint density at radius 3 is 2.64 bits per heavy atom. The van der Waals surface area contributed by atoms with Crippen LogP contribution in [0.3, 0.4) is 0 Å². The van der Waals surface area contributed by atoms with Gasteiger partial charge in [0.05, 0.1) is 12.6 Å². The molecule has 4 heteroatoms. The number of aliphatic hydroxyl groups excluding tert-OH is 1. The van der Waals surface area contributed by atoms with E-state index >= 15 is 0 Å². The van der Waals surface area contributed by atoms with Crippen molar-refractivity contribution in [3.8, 4) is 0 Å². The van der Waals surface area contributed by atoms with Crippen molar-refractivity contribution in [2.24, 2.45) is 5.92 Å². The van der Waals surface area contributed by atoms with Gasteiger partial charge in [-0.2, -0.15) is 0 Å². The second kappa shape index (κ2) is 7.76. The molecule has 0 bridgehead atoms. The SMILES string of the molecule is CC[C@H](CO)NC(=O)CC(C)COC. The first-order valence-electron chi connectivity index (χ1n) is 5.03. The van der Waals surface area contributed by atoms with Crippen molar-refractivity contribution < 1.29 is 14.6 Å². The maximum atomic E-state index is 11.4. The third-order valence-electron chi connectivity index (χ3n) is 2.06. The number of methoxy groups -OCH3 is 1. The lowest BCUT2D eigenvalue weighted by Gasteiger charge is -2.16. The highest BCUT2D eigenvalue weighted by molar-refractivity contribution is 5.76. The first kappa shape index (κ1) is 13.4. The van der Waals surface area contributed by atoms with Gasteiger partial charge in [-0.15, -0.1) is 0 Å². The zero-order valence-electron chi connectivity index (χ0n) is 9.25. The number of ether oxygens (including phenoxy) is 1. The van der Waals surface area contributed by atoms with Crippen LogP contribution in [0.15, 0.2) is 0 Å². The molecule has 0 aromatic rings. The summed E-state index contributed by atoms with van der Waals surface area (Å²) in [6.45, 7) is 4.48. The average molecular weight is 203 g/mol. The Morgan fingerprint density at radius 2 is 2.21 bits per heavy atom.